The molecule has 20 heavy (non-hydrogen) atoms. The third-order valence-corrected chi connectivity index (χ3v) is 3.69. The minimum absolute atomic E-state index is 0.204. The molecule has 0 aliphatic rings. The molecule has 102 valence electrons. The van der Waals surface area contributed by atoms with Gasteiger partial charge < -0.3 is 15.3 Å². The van der Waals surface area contributed by atoms with Gasteiger partial charge in [-0.25, -0.2) is 4.79 Å². The van der Waals surface area contributed by atoms with Crippen LogP contribution in [-0.4, -0.2) is 15.0 Å². The van der Waals surface area contributed by atoms with Gasteiger partial charge in [0.25, 0.3) is 0 Å². The predicted octanol–water partition coefficient (Wildman–Crippen LogP) is 2.93. The van der Waals surface area contributed by atoms with Gasteiger partial charge in [0.1, 0.15) is 0 Å². The molecule has 5 nitrogen and oxygen atoms in total. The highest BCUT2D eigenvalue weighted by molar-refractivity contribution is 9.10. The zero-order chi connectivity index (χ0) is 14.1. The molecule has 3 N–H and O–H groups in total. The summed E-state index contributed by atoms with van der Waals surface area (Å²) in [6, 6.07) is 7.79. The van der Waals surface area contributed by atoms with Crippen molar-refractivity contribution < 1.29 is 0 Å². The zero-order valence-corrected chi connectivity index (χ0v) is 12.4. The highest BCUT2D eigenvalue weighted by atomic mass is 79.9. The topological polar surface area (TPSA) is 73.6 Å². The minimum atomic E-state index is -0.204. The average molecular weight is 333 g/mol. The van der Waals surface area contributed by atoms with Crippen LogP contribution in [0.2, 0.25) is 0 Å². The van der Waals surface area contributed by atoms with E-state index < -0.39 is 0 Å². The normalized spacial score (nSPS) is 10.9. The van der Waals surface area contributed by atoms with Crippen molar-refractivity contribution in [3.8, 4) is 0 Å². The summed E-state index contributed by atoms with van der Waals surface area (Å²) in [5, 5.41) is 3.30. The molecule has 6 heteroatoms. The van der Waals surface area contributed by atoms with E-state index in [2.05, 4.69) is 36.2 Å². The monoisotopic (exact) mass is 332 g/mol. The molecule has 0 spiro atoms. The molecule has 0 atom stereocenters. The van der Waals surface area contributed by atoms with E-state index in [1.54, 1.807) is 0 Å². The Hall–Kier alpha value is -2.08. The standard InChI is InChI=1S/C14H13BrN4O/c1-8-2-3-9(16-6-8)7-17-11-5-13-12(4-10(11)15)18-14(20)19-13/h2-6,17H,7H2,1H3,(H2,18,19,20). The third kappa shape index (κ3) is 2.60. The lowest BCUT2D eigenvalue weighted by atomic mass is 10.2. The highest BCUT2D eigenvalue weighted by Gasteiger charge is 2.05. The SMILES string of the molecule is Cc1ccc(CNc2cc3[nH]c(=O)[nH]c3cc2Br)nc1. The van der Waals surface area contributed by atoms with Gasteiger partial charge in [-0.15, -0.1) is 0 Å². The van der Waals surface area contributed by atoms with E-state index in [1.165, 1.54) is 0 Å². The summed E-state index contributed by atoms with van der Waals surface area (Å²) in [6.07, 6.45) is 1.85. The summed E-state index contributed by atoms with van der Waals surface area (Å²) in [5.41, 5.74) is 4.37. The van der Waals surface area contributed by atoms with Crippen molar-refractivity contribution in [3.63, 3.8) is 0 Å². The average Bonchev–Trinajstić information content (AvgIpc) is 2.77. The molecule has 3 rings (SSSR count). The van der Waals surface area contributed by atoms with Crippen LogP contribution in [0, 0.1) is 6.92 Å². The summed E-state index contributed by atoms with van der Waals surface area (Å²) in [7, 11) is 0. The fourth-order valence-corrected chi connectivity index (χ4v) is 2.46. The van der Waals surface area contributed by atoms with E-state index in [1.807, 2.05) is 37.4 Å². The van der Waals surface area contributed by atoms with Crippen LogP contribution in [0.1, 0.15) is 11.3 Å². The molecule has 0 fully saturated rings. The van der Waals surface area contributed by atoms with Crippen molar-refractivity contribution in [2.45, 2.75) is 13.5 Å². The van der Waals surface area contributed by atoms with Gasteiger partial charge in [0.05, 0.1) is 29.0 Å². The Morgan fingerprint density at radius 1 is 1.25 bits per heavy atom. The molecule has 0 aliphatic heterocycles. The van der Waals surface area contributed by atoms with Gasteiger partial charge in [-0.3, -0.25) is 4.98 Å². The van der Waals surface area contributed by atoms with Gasteiger partial charge in [-0.1, -0.05) is 6.07 Å². The first-order valence-corrected chi connectivity index (χ1v) is 6.98. The number of hydrogen-bond donors (Lipinski definition) is 3. The fourth-order valence-electron chi connectivity index (χ4n) is 1.98. The number of pyridine rings is 1. The van der Waals surface area contributed by atoms with E-state index in [0.29, 0.717) is 6.54 Å². The van der Waals surface area contributed by atoms with Crippen LogP contribution in [0.4, 0.5) is 5.69 Å². The smallest absolute Gasteiger partial charge is 0.323 e. The second-order valence-corrected chi connectivity index (χ2v) is 5.49. The maximum atomic E-state index is 11.3. The Morgan fingerprint density at radius 2 is 2.00 bits per heavy atom. The minimum Gasteiger partial charge on any atom is -0.378 e. The quantitative estimate of drug-likeness (QED) is 0.690. The van der Waals surface area contributed by atoms with Crippen molar-refractivity contribution in [3.05, 3.63) is 56.7 Å². The van der Waals surface area contributed by atoms with Crippen molar-refractivity contribution in [1.29, 1.82) is 0 Å². The largest absolute Gasteiger partial charge is 0.378 e. The molecule has 0 aliphatic carbocycles. The van der Waals surface area contributed by atoms with Gasteiger partial charge in [0, 0.05) is 10.7 Å². The number of H-pyrrole nitrogens is 2. The number of nitrogens with zero attached hydrogens (tertiary/aromatic N) is 1. The number of hydrogen-bond acceptors (Lipinski definition) is 3. The first-order valence-electron chi connectivity index (χ1n) is 6.19. The number of aromatic amines is 2. The molecular formula is C14H13BrN4O. The summed E-state index contributed by atoms with van der Waals surface area (Å²) in [6.45, 7) is 2.63. The molecule has 0 amide bonds. The highest BCUT2D eigenvalue weighted by Crippen LogP contribution is 2.26. The number of imidazole rings is 1. The van der Waals surface area contributed by atoms with Crippen LogP contribution in [-0.2, 0) is 6.54 Å². The molecule has 2 heterocycles. The maximum absolute atomic E-state index is 11.3. The third-order valence-electron chi connectivity index (χ3n) is 3.04. The summed E-state index contributed by atoms with van der Waals surface area (Å²) < 4.78 is 0.896. The molecule has 0 saturated carbocycles. The Labute approximate surface area is 123 Å². The molecule has 0 unspecified atom stereocenters. The van der Waals surface area contributed by atoms with E-state index in [4.69, 9.17) is 0 Å². The first kappa shape index (κ1) is 12.9. The second-order valence-electron chi connectivity index (χ2n) is 4.64. The number of anilines is 1. The van der Waals surface area contributed by atoms with Gasteiger partial charge in [0.15, 0.2) is 0 Å². The zero-order valence-electron chi connectivity index (χ0n) is 10.8. The first-order chi connectivity index (χ1) is 9.61. The number of rotatable bonds is 3. The Bertz CT molecular complexity index is 804. The number of halogens is 1. The number of benzene rings is 1. The lowest BCUT2D eigenvalue weighted by Crippen LogP contribution is -2.02. The van der Waals surface area contributed by atoms with E-state index in [0.717, 1.165) is 32.5 Å². The van der Waals surface area contributed by atoms with Gasteiger partial charge in [0.2, 0.25) is 0 Å². The van der Waals surface area contributed by atoms with Crippen LogP contribution in [0.3, 0.4) is 0 Å². The lowest BCUT2D eigenvalue weighted by molar-refractivity contribution is 1.04. The molecule has 3 aromatic rings. The van der Waals surface area contributed by atoms with E-state index in [-0.39, 0.29) is 5.69 Å². The molecule has 0 saturated heterocycles. The van der Waals surface area contributed by atoms with Crippen molar-refractivity contribution in [2.24, 2.45) is 0 Å². The predicted molar refractivity (Wildman–Crippen MR) is 82.9 cm³/mol. The van der Waals surface area contributed by atoms with Crippen LogP contribution in [0.15, 0.2) is 39.7 Å². The maximum Gasteiger partial charge on any atom is 0.323 e. The lowest BCUT2D eigenvalue weighted by Gasteiger charge is -2.08. The summed E-state index contributed by atoms with van der Waals surface area (Å²) in [5.74, 6) is 0. The molecule has 1 aromatic carbocycles. The van der Waals surface area contributed by atoms with Crippen molar-refractivity contribution >= 4 is 32.7 Å². The van der Waals surface area contributed by atoms with E-state index >= 15 is 0 Å². The molecule has 2 aromatic heterocycles. The van der Waals surface area contributed by atoms with E-state index in [9.17, 15) is 4.79 Å². The number of nitrogens with one attached hydrogen (secondary N) is 3. The molecule has 0 bridgehead atoms. The molecular weight excluding hydrogens is 320 g/mol. The Morgan fingerprint density at radius 3 is 2.70 bits per heavy atom. The van der Waals surface area contributed by atoms with Crippen molar-refractivity contribution in [2.75, 3.05) is 5.32 Å². The summed E-state index contributed by atoms with van der Waals surface area (Å²) >= 11 is 3.49. The van der Waals surface area contributed by atoms with Gasteiger partial charge in [-0.05, 0) is 46.6 Å². The van der Waals surface area contributed by atoms with Crippen molar-refractivity contribution in [1.82, 2.24) is 15.0 Å². The fraction of sp³-hybridized carbons (Fsp3) is 0.143. The second kappa shape index (κ2) is 5.13. The Kier molecular flexibility index (Phi) is 3.31. The number of aryl methyl sites for hydroxylation is 1. The van der Waals surface area contributed by atoms with Gasteiger partial charge >= 0.3 is 5.69 Å². The number of fused-ring (bicyclic) bond motifs is 1. The van der Waals surface area contributed by atoms with Crippen LogP contribution < -0.4 is 11.0 Å². The van der Waals surface area contributed by atoms with Crippen LogP contribution in [0.25, 0.3) is 11.0 Å². The van der Waals surface area contributed by atoms with Crippen LogP contribution >= 0.6 is 15.9 Å². The number of aromatic nitrogens is 3. The molecule has 0 radical (unpaired) electrons. The summed E-state index contributed by atoms with van der Waals surface area (Å²) in [4.78, 5) is 21.1. The Balaban J connectivity index is 1.84. The van der Waals surface area contributed by atoms with Crippen LogP contribution in [0.5, 0.6) is 0 Å². The van der Waals surface area contributed by atoms with Gasteiger partial charge in [-0.2, -0.15) is 0 Å².